The van der Waals surface area contributed by atoms with Crippen LogP contribution in [0.3, 0.4) is 0 Å². The topological polar surface area (TPSA) is 115 Å². The average molecular weight is 295 g/mol. The van der Waals surface area contributed by atoms with Crippen LogP contribution in [0.1, 0.15) is 25.7 Å². The van der Waals surface area contributed by atoms with E-state index in [1.54, 1.807) is 0 Å². The predicted octanol–water partition coefficient (Wildman–Crippen LogP) is 2.05. The zero-order chi connectivity index (χ0) is 15.4. The van der Waals surface area contributed by atoms with E-state index in [9.17, 15) is 14.9 Å². The number of hydrogen-bond donors (Lipinski definition) is 2. The highest BCUT2D eigenvalue weighted by atomic mass is 16.6. The summed E-state index contributed by atoms with van der Waals surface area (Å²) in [5.74, 6) is -0.643. The molecule has 0 saturated heterocycles. The summed E-state index contributed by atoms with van der Waals surface area (Å²) in [5.41, 5.74) is -0.115. The number of nitrogens with zero attached hydrogens (tertiary/aromatic N) is 2. The highest BCUT2D eigenvalue weighted by molar-refractivity contribution is 5.70. The lowest BCUT2D eigenvalue weighted by Gasteiger charge is -2.27. The maximum Gasteiger partial charge on any atom is 0.311 e. The SMILES string of the molecule is COc1ccc([N+](=O)[O-])c(NC2CCC(C(=O)O)CC2)n1. The molecule has 1 saturated carbocycles. The van der Waals surface area contributed by atoms with E-state index in [1.165, 1.54) is 19.2 Å². The van der Waals surface area contributed by atoms with Crippen LogP contribution >= 0.6 is 0 Å². The molecule has 0 spiro atoms. The molecule has 8 nitrogen and oxygen atoms in total. The predicted molar refractivity (Wildman–Crippen MR) is 74.4 cm³/mol. The molecule has 114 valence electrons. The van der Waals surface area contributed by atoms with Crippen LogP contribution in [0.2, 0.25) is 0 Å². The minimum Gasteiger partial charge on any atom is -0.481 e. The lowest BCUT2D eigenvalue weighted by atomic mass is 9.86. The van der Waals surface area contributed by atoms with Crippen molar-refractivity contribution in [1.29, 1.82) is 0 Å². The average Bonchev–Trinajstić information content (AvgIpc) is 2.47. The lowest BCUT2D eigenvalue weighted by molar-refractivity contribution is -0.384. The highest BCUT2D eigenvalue weighted by Gasteiger charge is 2.27. The zero-order valence-corrected chi connectivity index (χ0v) is 11.6. The molecule has 0 radical (unpaired) electrons. The molecule has 0 bridgehead atoms. The number of hydrogen-bond acceptors (Lipinski definition) is 6. The number of carboxylic acid groups (broad SMARTS) is 1. The van der Waals surface area contributed by atoms with Gasteiger partial charge >= 0.3 is 11.7 Å². The number of ether oxygens (including phenoxy) is 1. The van der Waals surface area contributed by atoms with Gasteiger partial charge in [0.25, 0.3) is 0 Å². The summed E-state index contributed by atoms with van der Waals surface area (Å²) in [5, 5.41) is 23.0. The number of pyridine rings is 1. The van der Waals surface area contributed by atoms with Crippen LogP contribution in [-0.2, 0) is 4.79 Å². The molecular weight excluding hydrogens is 278 g/mol. The number of carboxylic acids is 1. The van der Waals surface area contributed by atoms with Gasteiger partial charge in [-0.3, -0.25) is 14.9 Å². The summed E-state index contributed by atoms with van der Waals surface area (Å²) in [7, 11) is 1.44. The van der Waals surface area contributed by atoms with Gasteiger partial charge in [0.1, 0.15) is 0 Å². The number of aliphatic carboxylic acids is 1. The molecule has 21 heavy (non-hydrogen) atoms. The van der Waals surface area contributed by atoms with Gasteiger partial charge in [-0.2, -0.15) is 4.98 Å². The van der Waals surface area contributed by atoms with Gasteiger partial charge in [0, 0.05) is 18.2 Å². The number of aromatic nitrogens is 1. The van der Waals surface area contributed by atoms with Crippen LogP contribution in [0.4, 0.5) is 11.5 Å². The third kappa shape index (κ3) is 3.59. The second-order valence-corrected chi connectivity index (χ2v) is 5.01. The molecule has 0 unspecified atom stereocenters. The van der Waals surface area contributed by atoms with E-state index >= 15 is 0 Å². The second kappa shape index (κ2) is 6.38. The zero-order valence-electron chi connectivity index (χ0n) is 11.6. The molecule has 1 aromatic heterocycles. The van der Waals surface area contributed by atoms with Crippen LogP contribution < -0.4 is 10.1 Å². The molecule has 0 amide bonds. The summed E-state index contributed by atoms with van der Waals surface area (Å²) in [6, 6.07) is 2.76. The molecule has 1 fully saturated rings. The van der Waals surface area contributed by atoms with Crippen molar-refractivity contribution in [2.24, 2.45) is 5.92 Å². The molecule has 0 aliphatic heterocycles. The van der Waals surface area contributed by atoms with Crippen LogP contribution in [0.15, 0.2) is 12.1 Å². The molecule has 1 heterocycles. The van der Waals surface area contributed by atoms with Crippen LogP contribution in [0, 0.1) is 16.0 Å². The lowest BCUT2D eigenvalue weighted by Crippen LogP contribution is -2.29. The first-order valence-electron chi connectivity index (χ1n) is 6.70. The van der Waals surface area contributed by atoms with Crippen molar-refractivity contribution in [3.63, 3.8) is 0 Å². The fourth-order valence-corrected chi connectivity index (χ4v) is 2.48. The second-order valence-electron chi connectivity index (χ2n) is 5.01. The van der Waals surface area contributed by atoms with Gasteiger partial charge in [-0.15, -0.1) is 0 Å². The normalized spacial score (nSPS) is 21.6. The first-order valence-corrected chi connectivity index (χ1v) is 6.70. The largest absolute Gasteiger partial charge is 0.481 e. The summed E-state index contributed by atoms with van der Waals surface area (Å²) in [6.07, 6.45) is 2.41. The molecule has 2 rings (SSSR count). The Labute approximate surface area is 121 Å². The molecule has 0 aromatic carbocycles. The smallest absolute Gasteiger partial charge is 0.311 e. The third-order valence-corrected chi connectivity index (χ3v) is 3.67. The maximum atomic E-state index is 11.0. The molecule has 1 aliphatic rings. The van der Waals surface area contributed by atoms with Crippen molar-refractivity contribution in [2.75, 3.05) is 12.4 Å². The van der Waals surface area contributed by atoms with Crippen molar-refractivity contribution in [3.8, 4) is 5.88 Å². The number of rotatable bonds is 5. The summed E-state index contributed by atoms with van der Waals surface area (Å²) >= 11 is 0. The summed E-state index contributed by atoms with van der Waals surface area (Å²) < 4.78 is 4.98. The molecule has 1 aromatic rings. The molecule has 2 N–H and O–H groups in total. The number of anilines is 1. The van der Waals surface area contributed by atoms with Crippen LogP contribution in [-0.4, -0.2) is 34.1 Å². The fourth-order valence-electron chi connectivity index (χ4n) is 2.48. The minimum atomic E-state index is -0.779. The third-order valence-electron chi connectivity index (χ3n) is 3.67. The Kier molecular flexibility index (Phi) is 4.56. The molecular formula is C13H17N3O5. The van der Waals surface area contributed by atoms with Crippen molar-refractivity contribution in [3.05, 3.63) is 22.2 Å². The van der Waals surface area contributed by atoms with E-state index in [2.05, 4.69) is 10.3 Å². The quantitative estimate of drug-likeness (QED) is 0.631. The number of nitrogens with one attached hydrogen (secondary N) is 1. The van der Waals surface area contributed by atoms with E-state index < -0.39 is 10.9 Å². The Hall–Kier alpha value is -2.38. The van der Waals surface area contributed by atoms with Gasteiger partial charge in [0.2, 0.25) is 11.7 Å². The Balaban J connectivity index is 2.09. The molecule has 0 atom stereocenters. The first-order chi connectivity index (χ1) is 10.0. The summed E-state index contributed by atoms with van der Waals surface area (Å²) in [6.45, 7) is 0. The maximum absolute atomic E-state index is 11.0. The van der Waals surface area contributed by atoms with Crippen molar-refractivity contribution < 1.29 is 19.6 Å². The van der Waals surface area contributed by atoms with Crippen LogP contribution in [0.25, 0.3) is 0 Å². The van der Waals surface area contributed by atoms with E-state index in [0.29, 0.717) is 31.6 Å². The fraction of sp³-hybridized carbons (Fsp3) is 0.538. The Morgan fingerprint density at radius 2 is 2.10 bits per heavy atom. The Morgan fingerprint density at radius 3 is 2.62 bits per heavy atom. The molecule has 8 heteroatoms. The van der Waals surface area contributed by atoms with E-state index in [0.717, 1.165) is 0 Å². The van der Waals surface area contributed by atoms with Crippen molar-refractivity contribution >= 4 is 17.5 Å². The first kappa shape index (κ1) is 15.0. The van der Waals surface area contributed by atoms with Crippen molar-refractivity contribution in [1.82, 2.24) is 4.98 Å². The van der Waals surface area contributed by atoms with Crippen molar-refractivity contribution in [2.45, 2.75) is 31.7 Å². The van der Waals surface area contributed by atoms with Gasteiger partial charge < -0.3 is 15.2 Å². The van der Waals surface area contributed by atoms with Crippen LogP contribution in [0.5, 0.6) is 5.88 Å². The Morgan fingerprint density at radius 1 is 1.43 bits per heavy atom. The number of methoxy groups -OCH3 is 1. The standard InChI is InChI=1S/C13H17N3O5/c1-21-11-7-6-10(16(19)20)12(15-11)14-9-4-2-8(3-5-9)13(17)18/h6-9H,2-5H2,1H3,(H,14,15)(H,17,18). The highest BCUT2D eigenvalue weighted by Crippen LogP contribution is 2.30. The van der Waals surface area contributed by atoms with Gasteiger partial charge in [-0.25, -0.2) is 0 Å². The molecule has 1 aliphatic carbocycles. The van der Waals surface area contributed by atoms with Gasteiger partial charge in [-0.05, 0) is 25.7 Å². The Bertz CT molecular complexity index is 541. The van der Waals surface area contributed by atoms with Gasteiger partial charge in [-0.1, -0.05) is 0 Å². The van der Waals surface area contributed by atoms with Gasteiger partial charge in [0.05, 0.1) is 18.0 Å². The van der Waals surface area contributed by atoms with E-state index in [4.69, 9.17) is 9.84 Å². The summed E-state index contributed by atoms with van der Waals surface area (Å²) in [4.78, 5) is 25.5. The monoisotopic (exact) mass is 295 g/mol. The number of carbonyl (C=O) groups is 1. The van der Waals surface area contributed by atoms with Gasteiger partial charge in [0.15, 0.2) is 0 Å². The minimum absolute atomic E-state index is 0.0149. The van der Waals surface area contributed by atoms with E-state index in [1.807, 2.05) is 0 Å². The van der Waals surface area contributed by atoms with E-state index in [-0.39, 0.29) is 23.5 Å². The number of nitro groups is 1.